The lowest BCUT2D eigenvalue weighted by atomic mass is 10.0. The van der Waals surface area contributed by atoms with Gasteiger partial charge in [-0.1, -0.05) is 42.5 Å². The van der Waals surface area contributed by atoms with Gasteiger partial charge in [0.2, 0.25) is 5.91 Å². The van der Waals surface area contributed by atoms with Gasteiger partial charge in [0.1, 0.15) is 0 Å². The third-order valence-electron chi connectivity index (χ3n) is 4.69. The minimum Gasteiger partial charge on any atom is -0.361 e. The first kappa shape index (κ1) is 15.4. The molecule has 126 valence electrons. The van der Waals surface area contributed by atoms with Crippen molar-refractivity contribution in [1.82, 2.24) is 15.2 Å². The summed E-state index contributed by atoms with van der Waals surface area (Å²) in [6.45, 7) is 0.954. The molecular formula is C20H19N3O2. The lowest BCUT2D eigenvalue weighted by molar-refractivity contribution is -0.121. The number of benzene rings is 2. The monoisotopic (exact) mass is 333 g/mol. The van der Waals surface area contributed by atoms with Crippen LogP contribution in [0.4, 0.5) is 0 Å². The molecule has 0 bridgehead atoms. The van der Waals surface area contributed by atoms with Crippen LogP contribution in [0.15, 0.2) is 60.8 Å². The molecule has 2 N–H and O–H groups in total. The van der Waals surface area contributed by atoms with Gasteiger partial charge in [0.25, 0.3) is 5.91 Å². The topological polar surface area (TPSA) is 65.2 Å². The van der Waals surface area contributed by atoms with E-state index in [0.29, 0.717) is 18.7 Å². The number of nitrogens with zero attached hydrogens (tertiary/aromatic N) is 1. The number of amides is 2. The molecule has 2 amide bonds. The molecule has 1 fully saturated rings. The number of carbonyl (C=O) groups excluding carboxylic acids is 2. The first-order chi connectivity index (χ1) is 12.2. The molecule has 3 aromatic rings. The van der Waals surface area contributed by atoms with Gasteiger partial charge >= 0.3 is 0 Å². The van der Waals surface area contributed by atoms with Gasteiger partial charge in [-0.3, -0.25) is 9.59 Å². The van der Waals surface area contributed by atoms with Crippen molar-refractivity contribution in [2.45, 2.75) is 12.5 Å². The Bertz CT molecular complexity index is 917. The van der Waals surface area contributed by atoms with Crippen molar-refractivity contribution in [2.24, 2.45) is 0 Å². The Labute approximate surface area is 145 Å². The molecule has 1 aliphatic rings. The first-order valence-electron chi connectivity index (χ1n) is 8.43. The van der Waals surface area contributed by atoms with Crippen molar-refractivity contribution in [3.8, 4) is 0 Å². The Balaban J connectivity index is 1.76. The molecule has 25 heavy (non-hydrogen) atoms. The Hall–Kier alpha value is -3.08. The molecular weight excluding hydrogens is 314 g/mol. The van der Waals surface area contributed by atoms with E-state index in [9.17, 15) is 9.59 Å². The number of aromatic amines is 1. The summed E-state index contributed by atoms with van der Waals surface area (Å²) >= 11 is 0. The van der Waals surface area contributed by atoms with Crippen LogP contribution < -0.4 is 5.32 Å². The fraction of sp³-hybridized carbons (Fsp3) is 0.200. The highest BCUT2D eigenvalue weighted by atomic mass is 16.2. The maximum Gasteiger partial charge on any atom is 0.256 e. The number of para-hydroxylation sites is 1. The van der Waals surface area contributed by atoms with Crippen molar-refractivity contribution in [3.05, 3.63) is 71.9 Å². The van der Waals surface area contributed by atoms with Gasteiger partial charge in [0.05, 0.1) is 23.5 Å². The van der Waals surface area contributed by atoms with Crippen LogP contribution in [0, 0.1) is 0 Å². The third-order valence-corrected chi connectivity index (χ3v) is 4.69. The van der Waals surface area contributed by atoms with Crippen LogP contribution in [0.25, 0.3) is 10.9 Å². The SMILES string of the molecule is O=C1C[C@@H](c2ccccc2)N(C(=O)c2cccc3cc[nH]c23)CCN1. The van der Waals surface area contributed by atoms with Crippen molar-refractivity contribution in [3.63, 3.8) is 0 Å². The third kappa shape index (κ3) is 2.89. The molecule has 0 saturated carbocycles. The summed E-state index contributed by atoms with van der Waals surface area (Å²) in [5, 5.41) is 3.88. The molecule has 5 heteroatoms. The minimum absolute atomic E-state index is 0.0257. The van der Waals surface area contributed by atoms with Crippen LogP contribution in [-0.4, -0.2) is 34.8 Å². The lowest BCUT2D eigenvalue weighted by Gasteiger charge is -2.29. The summed E-state index contributed by atoms with van der Waals surface area (Å²) in [7, 11) is 0. The van der Waals surface area contributed by atoms with Crippen LogP contribution in [0.1, 0.15) is 28.4 Å². The molecule has 0 spiro atoms. The van der Waals surface area contributed by atoms with Gasteiger partial charge < -0.3 is 15.2 Å². The summed E-state index contributed by atoms with van der Waals surface area (Å²) in [5.41, 5.74) is 2.45. The molecule has 1 atom stereocenters. The molecule has 0 radical (unpaired) electrons. The fourth-order valence-electron chi connectivity index (χ4n) is 3.46. The number of rotatable bonds is 2. The molecule has 1 saturated heterocycles. The largest absolute Gasteiger partial charge is 0.361 e. The second-order valence-corrected chi connectivity index (χ2v) is 6.23. The van der Waals surface area contributed by atoms with Crippen molar-refractivity contribution < 1.29 is 9.59 Å². The molecule has 2 heterocycles. The summed E-state index contributed by atoms with van der Waals surface area (Å²) < 4.78 is 0. The van der Waals surface area contributed by atoms with Crippen LogP contribution in [0.3, 0.4) is 0 Å². The maximum absolute atomic E-state index is 13.3. The van der Waals surface area contributed by atoms with Crippen LogP contribution in [-0.2, 0) is 4.79 Å². The van der Waals surface area contributed by atoms with Gasteiger partial charge in [-0.2, -0.15) is 0 Å². The van der Waals surface area contributed by atoms with E-state index in [4.69, 9.17) is 0 Å². The van der Waals surface area contributed by atoms with Crippen molar-refractivity contribution >= 4 is 22.7 Å². The summed E-state index contributed by atoms with van der Waals surface area (Å²) in [6, 6.07) is 17.1. The van der Waals surface area contributed by atoms with E-state index in [1.807, 2.05) is 65.7 Å². The first-order valence-corrected chi connectivity index (χ1v) is 8.43. The highest BCUT2D eigenvalue weighted by Gasteiger charge is 2.31. The van der Waals surface area contributed by atoms with Gasteiger partial charge in [0.15, 0.2) is 0 Å². The zero-order valence-electron chi connectivity index (χ0n) is 13.7. The van der Waals surface area contributed by atoms with E-state index in [0.717, 1.165) is 16.5 Å². The number of carbonyl (C=O) groups is 2. The minimum atomic E-state index is -0.263. The zero-order chi connectivity index (χ0) is 17.2. The molecule has 5 nitrogen and oxygen atoms in total. The Morgan fingerprint density at radius 1 is 1.04 bits per heavy atom. The quantitative estimate of drug-likeness (QED) is 0.757. The average molecular weight is 333 g/mol. The van der Waals surface area contributed by atoms with Crippen LogP contribution >= 0.6 is 0 Å². The molecule has 4 rings (SSSR count). The van der Waals surface area contributed by atoms with E-state index in [-0.39, 0.29) is 24.3 Å². The van der Waals surface area contributed by atoms with Gasteiger partial charge in [-0.25, -0.2) is 0 Å². The smallest absolute Gasteiger partial charge is 0.256 e. The number of hydrogen-bond acceptors (Lipinski definition) is 2. The predicted octanol–water partition coefficient (Wildman–Crippen LogP) is 2.87. The van der Waals surface area contributed by atoms with E-state index >= 15 is 0 Å². The molecule has 1 aromatic heterocycles. The molecule has 0 unspecified atom stereocenters. The van der Waals surface area contributed by atoms with Crippen molar-refractivity contribution in [1.29, 1.82) is 0 Å². The summed E-state index contributed by atoms with van der Waals surface area (Å²) in [6.07, 6.45) is 2.11. The second-order valence-electron chi connectivity index (χ2n) is 6.23. The average Bonchev–Trinajstić information content (AvgIpc) is 3.04. The van der Waals surface area contributed by atoms with Gasteiger partial charge in [-0.05, 0) is 17.7 Å². The van der Waals surface area contributed by atoms with Crippen LogP contribution in [0.5, 0.6) is 0 Å². The second kappa shape index (κ2) is 6.43. The predicted molar refractivity (Wildman–Crippen MR) is 96.1 cm³/mol. The standard InChI is InChI=1S/C20H19N3O2/c24-18-13-17(14-5-2-1-3-6-14)23(12-11-21-18)20(25)16-8-4-7-15-9-10-22-19(15)16/h1-10,17,22H,11-13H2,(H,21,24)/t17-/m0/s1. The maximum atomic E-state index is 13.3. The number of fused-ring (bicyclic) bond motifs is 1. The Morgan fingerprint density at radius 3 is 2.72 bits per heavy atom. The van der Waals surface area contributed by atoms with E-state index in [1.165, 1.54) is 0 Å². The summed E-state index contributed by atoms with van der Waals surface area (Å²) in [4.78, 5) is 30.4. The number of hydrogen-bond donors (Lipinski definition) is 2. The molecule has 1 aliphatic heterocycles. The van der Waals surface area contributed by atoms with Crippen molar-refractivity contribution in [2.75, 3.05) is 13.1 Å². The van der Waals surface area contributed by atoms with E-state index in [1.54, 1.807) is 0 Å². The van der Waals surface area contributed by atoms with Crippen LogP contribution in [0.2, 0.25) is 0 Å². The van der Waals surface area contributed by atoms with E-state index in [2.05, 4.69) is 10.3 Å². The normalized spacial score (nSPS) is 18.0. The van der Waals surface area contributed by atoms with Gasteiger partial charge in [0, 0.05) is 24.7 Å². The highest BCUT2D eigenvalue weighted by Crippen LogP contribution is 2.29. The zero-order valence-corrected chi connectivity index (χ0v) is 13.7. The Morgan fingerprint density at radius 2 is 1.88 bits per heavy atom. The highest BCUT2D eigenvalue weighted by molar-refractivity contribution is 6.06. The molecule has 2 aromatic carbocycles. The number of H-pyrrole nitrogens is 1. The lowest BCUT2D eigenvalue weighted by Crippen LogP contribution is -2.36. The van der Waals surface area contributed by atoms with Gasteiger partial charge in [-0.15, -0.1) is 0 Å². The Kier molecular flexibility index (Phi) is 3.98. The number of nitrogens with one attached hydrogen (secondary N) is 2. The molecule has 0 aliphatic carbocycles. The van der Waals surface area contributed by atoms with E-state index < -0.39 is 0 Å². The fourth-order valence-corrected chi connectivity index (χ4v) is 3.46. The summed E-state index contributed by atoms with van der Waals surface area (Å²) in [5.74, 6) is -0.0827. The number of aromatic nitrogens is 1.